The van der Waals surface area contributed by atoms with Crippen molar-refractivity contribution in [3.8, 4) is 0 Å². The Balaban J connectivity index is 2.26. The lowest BCUT2D eigenvalue weighted by atomic mass is 10.0. The van der Waals surface area contributed by atoms with E-state index in [9.17, 15) is 19.5 Å². The van der Waals surface area contributed by atoms with Gasteiger partial charge in [-0.25, -0.2) is 4.79 Å². The van der Waals surface area contributed by atoms with Crippen molar-refractivity contribution >= 4 is 17.8 Å². The highest BCUT2D eigenvalue weighted by Gasteiger charge is 2.28. The number of aliphatic carboxylic acids is 1. The molecule has 0 aliphatic rings. The van der Waals surface area contributed by atoms with Gasteiger partial charge in [0.1, 0.15) is 6.04 Å². The number of benzene rings is 2. The number of aryl methyl sites for hydroxylation is 1. The number of carboxylic acids is 1. The summed E-state index contributed by atoms with van der Waals surface area (Å²) >= 11 is 0. The maximum absolute atomic E-state index is 12.6. The van der Waals surface area contributed by atoms with Gasteiger partial charge in [-0.05, 0) is 18.1 Å². The maximum atomic E-state index is 12.6. The van der Waals surface area contributed by atoms with Crippen LogP contribution < -0.4 is 10.6 Å². The summed E-state index contributed by atoms with van der Waals surface area (Å²) in [6.07, 6.45) is 0. The molecule has 6 heteroatoms. The summed E-state index contributed by atoms with van der Waals surface area (Å²) in [5.74, 6) is -2.15. The number of amides is 2. The average Bonchev–Trinajstić information content (AvgIpc) is 2.58. The highest BCUT2D eigenvalue weighted by Crippen LogP contribution is 2.18. The summed E-state index contributed by atoms with van der Waals surface area (Å²) in [4.78, 5) is 35.7. The number of nitrogens with one attached hydrogen (secondary N) is 2. The van der Waals surface area contributed by atoms with Crippen molar-refractivity contribution in [2.24, 2.45) is 0 Å². The molecule has 2 unspecified atom stereocenters. The minimum absolute atomic E-state index is 0.383. The summed E-state index contributed by atoms with van der Waals surface area (Å²) < 4.78 is 0. The van der Waals surface area contributed by atoms with Crippen LogP contribution in [0.3, 0.4) is 0 Å². The summed E-state index contributed by atoms with van der Waals surface area (Å²) in [5.41, 5.74) is 2.02. The number of carbonyl (C=O) groups is 3. The van der Waals surface area contributed by atoms with E-state index in [1.54, 1.807) is 54.6 Å². The van der Waals surface area contributed by atoms with Crippen LogP contribution in [0.5, 0.6) is 0 Å². The van der Waals surface area contributed by atoms with E-state index in [0.717, 1.165) is 5.56 Å². The molecule has 6 nitrogen and oxygen atoms in total. The third kappa shape index (κ3) is 4.91. The molecular weight excluding hydrogens is 320 g/mol. The zero-order valence-corrected chi connectivity index (χ0v) is 14.0. The van der Waals surface area contributed by atoms with Gasteiger partial charge in [0.25, 0.3) is 0 Å². The second-order valence-electron chi connectivity index (χ2n) is 5.73. The van der Waals surface area contributed by atoms with Crippen molar-refractivity contribution in [1.29, 1.82) is 0 Å². The van der Waals surface area contributed by atoms with E-state index in [1.165, 1.54) is 6.92 Å². The Morgan fingerprint density at radius 3 is 1.92 bits per heavy atom. The predicted molar refractivity (Wildman–Crippen MR) is 92.7 cm³/mol. The molecule has 0 saturated carbocycles. The van der Waals surface area contributed by atoms with Crippen molar-refractivity contribution in [2.75, 3.05) is 0 Å². The lowest BCUT2D eigenvalue weighted by Gasteiger charge is -2.21. The van der Waals surface area contributed by atoms with Gasteiger partial charge in [-0.3, -0.25) is 9.59 Å². The summed E-state index contributed by atoms with van der Waals surface area (Å²) in [6.45, 7) is 3.19. The van der Waals surface area contributed by atoms with Gasteiger partial charge in [0, 0.05) is 6.92 Å². The lowest BCUT2D eigenvalue weighted by molar-refractivity contribution is -0.142. The Kier molecular flexibility index (Phi) is 5.89. The molecule has 0 bridgehead atoms. The molecule has 0 aromatic heterocycles. The van der Waals surface area contributed by atoms with Crippen molar-refractivity contribution in [2.45, 2.75) is 25.9 Å². The van der Waals surface area contributed by atoms with Crippen LogP contribution in [0.25, 0.3) is 0 Å². The molecule has 3 N–H and O–H groups in total. The fourth-order valence-corrected chi connectivity index (χ4v) is 2.42. The summed E-state index contributed by atoms with van der Waals surface area (Å²) in [7, 11) is 0. The van der Waals surface area contributed by atoms with Gasteiger partial charge in [0.05, 0.1) is 0 Å². The molecule has 0 spiro atoms. The second kappa shape index (κ2) is 8.10. The number of rotatable bonds is 6. The first-order valence-corrected chi connectivity index (χ1v) is 7.80. The smallest absolute Gasteiger partial charge is 0.330 e. The highest BCUT2D eigenvalue weighted by atomic mass is 16.4. The molecular formula is C19H20N2O4. The van der Waals surface area contributed by atoms with Crippen molar-refractivity contribution < 1.29 is 19.5 Å². The van der Waals surface area contributed by atoms with E-state index in [4.69, 9.17) is 0 Å². The molecule has 2 aromatic rings. The third-order valence-corrected chi connectivity index (χ3v) is 3.69. The standard InChI is InChI=1S/C19H20N2O4/c1-12-8-10-15(11-9-12)17(19(24)25)21-18(23)16(20-13(2)22)14-6-4-3-5-7-14/h3-11,16-17H,1-2H3,(H,20,22)(H,21,23)(H,24,25). The fourth-order valence-electron chi connectivity index (χ4n) is 2.42. The normalized spacial score (nSPS) is 12.7. The Morgan fingerprint density at radius 2 is 1.40 bits per heavy atom. The Morgan fingerprint density at radius 1 is 0.840 bits per heavy atom. The van der Waals surface area contributed by atoms with E-state index in [1.807, 2.05) is 6.92 Å². The molecule has 0 fully saturated rings. The zero-order valence-electron chi connectivity index (χ0n) is 14.0. The molecule has 25 heavy (non-hydrogen) atoms. The van der Waals surface area contributed by atoms with Crippen LogP contribution in [0.4, 0.5) is 0 Å². The Bertz CT molecular complexity index is 757. The number of carboxylic acid groups (broad SMARTS) is 1. The lowest BCUT2D eigenvalue weighted by Crippen LogP contribution is -2.43. The second-order valence-corrected chi connectivity index (χ2v) is 5.73. The molecule has 0 saturated heterocycles. The third-order valence-electron chi connectivity index (χ3n) is 3.69. The topological polar surface area (TPSA) is 95.5 Å². The van der Waals surface area contributed by atoms with Crippen LogP contribution >= 0.6 is 0 Å². The minimum atomic E-state index is -1.20. The molecule has 2 rings (SSSR count). The molecule has 130 valence electrons. The van der Waals surface area contributed by atoms with E-state index in [0.29, 0.717) is 11.1 Å². The largest absolute Gasteiger partial charge is 0.479 e. The molecule has 0 radical (unpaired) electrons. The van der Waals surface area contributed by atoms with Gasteiger partial charge in [0.2, 0.25) is 11.8 Å². The molecule has 2 atom stereocenters. The van der Waals surface area contributed by atoms with Crippen LogP contribution in [0.1, 0.15) is 35.7 Å². The van der Waals surface area contributed by atoms with Gasteiger partial charge in [-0.2, -0.15) is 0 Å². The van der Waals surface area contributed by atoms with E-state index in [-0.39, 0.29) is 5.91 Å². The van der Waals surface area contributed by atoms with E-state index in [2.05, 4.69) is 10.6 Å². The van der Waals surface area contributed by atoms with Gasteiger partial charge in [0.15, 0.2) is 6.04 Å². The van der Waals surface area contributed by atoms with Crippen LogP contribution in [-0.2, 0) is 14.4 Å². The first-order chi connectivity index (χ1) is 11.9. The molecule has 2 amide bonds. The fraction of sp³-hybridized carbons (Fsp3) is 0.211. The minimum Gasteiger partial charge on any atom is -0.479 e. The first kappa shape index (κ1) is 18.2. The average molecular weight is 340 g/mol. The van der Waals surface area contributed by atoms with Crippen molar-refractivity contribution in [3.05, 3.63) is 71.3 Å². The van der Waals surface area contributed by atoms with Gasteiger partial charge in [-0.1, -0.05) is 60.2 Å². The molecule has 0 heterocycles. The van der Waals surface area contributed by atoms with Crippen LogP contribution in [0.15, 0.2) is 54.6 Å². The number of hydrogen-bond acceptors (Lipinski definition) is 3. The van der Waals surface area contributed by atoms with Crippen molar-refractivity contribution in [1.82, 2.24) is 10.6 Å². The quantitative estimate of drug-likeness (QED) is 0.750. The molecule has 2 aromatic carbocycles. The zero-order chi connectivity index (χ0) is 18.4. The van der Waals surface area contributed by atoms with Gasteiger partial charge < -0.3 is 15.7 Å². The highest BCUT2D eigenvalue weighted by molar-refractivity contribution is 5.91. The summed E-state index contributed by atoms with van der Waals surface area (Å²) in [6, 6.07) is 13.4. The monoisotopic (exact) mass is 340 g/mol. The maximum Gasteiger partial charge on any atom is 0.330 e. The SMILES string of the molecule is CC(=O)NC(C(=O)NC(C(=O)O)c1ccc(C)cc1)c1ccccc1. The molecule has 0 aliphatic carbocycles. The van der Waals surface area contributed by atoms with Crippen LogP contribution in [0.2, 0.25) is 0 Å². The Labute approximate surface area is 145 Å². The van der Waals surface area contributed by atoms with Gasteiger partial charge in [-0.15, -0.1) is 0 Å². The predicted octanol–water partition coefficient (Wildman–Crippen LogP) is 2.11. The van der Waals surface area contributed by atoms with Crippen LogP contribution in [-0.4, -0.2) is 22.9 Å². The van der Waals surface area contributed by atoms with E-state index >= 15 is 0 Å². The number of hydrogen-bond donors (Lipinski definition) is 3. The van der Waals surface area contributed by atoms with Gasteiger partial charge >= 0.3 is 5.97 Å². The molecule has 0 aliphatic heterocycles. The van der Waals surface area contributed by atoms with Crippen LogP contribution in [0, 0.1) is 6.92 Å². The van der Waals surface area contributed by atoms with E-state index < -0.39 is 24.0 Å². The number of carbonyl (C=O) groups excluding carboxylic acids is 2. The van der Waals surface area contributed by atoms with Crippen molar-refractivity contribution in [3.63, 3.8) is 0 Å². The summed E-state index contributed by atoms with van der Waals surface area (Å²) in [5, 5.41) is 14.5. The Hall–Kier alpha value is -3.15. The first-order valence-electron chi connectivity index (χ1n) is 7.80.